The van der Waals surface area contributed by atoms with Crippen molar-refractivity contribution in [3.63, 3.8) is 0 Å². The monoisotopic (exact) mass is 398 g/mol. The molecule has 1 aliphatic rings. The van der Waals surface area contributed by atoms with Gasteiger partial charge in [-0.15, -0.1) is 0 Å². The first kappa shape index (κ1) is 20.8. The summed E-state index contributed by atoms with van der Waals surface area (Å²) >= 11 is 0. The number of anilines is 2. The number of methoxy groups -OCH3 is 2. The molecule has 156 valence electrons. The summed E-state index contributed by atoms with van der Waals surface area (Å²) < 4.78 is 10.9. The Balaban J connectivity index is 1.72. The van der Waals surface area contributed by atoms with Gasteiger partial charge < -0.3 is 24.6 Å². The normalized spacial score (nSPS) is 16.5. The molecule has 1 aliphatic heterocycles. The van der Waals surface area contributed by atoms with Crippen LogP contribution in [0.25, 0.3) is 0 Å². The first-order chi connectivity index (χ1) is 14.0. The van der Waals surface area contributed by atoms with Gasteiger partial charge in [-0.3, -0.25) is 0 Å². The molecule has 0 aliphatic carbocycles. The fourth-order valence-electron chi connectivity index (χ4n) is 3.78. The van der Waals surface area contributed by atoms with Gasteiger partial charge in [-0.25, -0.2) is 9.78 Å². The Morgan fingerprint density at radius 1 is 1.24 bits per heavy atom. The molecule has 1 aromatic heterocycles. The highest BCUT2D eigenvalue weighted by Crippen LogP contribution is 2.30. The van der Waals surface area contributed by atoms with Crippen LogP contribution in [-0.4, -0.2) is 55.8 Å². The van der Waals surface area contributed by atoms with Gasteiger partial charge in [0.2, 0.25) is 5.88 Å². The predicted molar refractivity (Wildman–Crippen MR) is 115 cm³/mol. The van der Waals surface area contributed by atoms with Gasteiger partial charge >= 0.3 is 6.03 Å². The van der Waals surface area contributed by atoms with Crippen molar-refractivity contribution in [2.75, 3.05) is 44.1 Å². The molecule has 29 heavy (non-hydrogen) atoms. The van der Waals surface area contributed by atoms with E-state index in [1.54, 1.807) is 14.2 Å². The number of hydrogen-bond donors (Lipinski definition) is 1. The van der Waals surface area contributed by atoms with E-state index >= 15 is 0 Å². The molecule has 0 radical (unpaired) electrons. The molecule has 1 saturated heterocycles. The molecule has 1 unspecified atom stereocenters. The number of aryl methyl sites for hydroxylation is 2. The minimum Gasteiger partial charge on any atom is -0.495 e. The maximum atomic E-state index is 13.0. The molecule has 2 amide bonds. The van der Waals surface area contributed by atoms with Crippen molar-refractivity contribution in [3.05, 3.63) is 41.6 Å². The van der Waals surface area contributed by atoms with Gasteiger partial charge in [-0.2, -0.15) is 0 Å². The second kappa shape index (κ2) is 9.03. The van der Waals surface area contributed by atoms with Crippen molar-refractivity contribution >= 4 is 17.4 Å². The van der Waals surface area contributed by atoms with Crippen LogP contribution in [0.15, 0.2) is 30.3 Å². The molecular formula is C22H30N4O3. The van der Waals surface area contributed by atoms with Crippen molar-refractivity contribution in [1.29, 1.82) is 0 Å². The lowest BCUT2D eigenvalue weighted by Crippen LogP contribution is -2.55. The number of urea groups is 1. The standard InChI is InChI=1S/C22H30N4O3/c1-6-17-13-18(21(29-5)23-16(17)3)24-22(27)26-12-11-25(14-15(26)2)19-9-7-8-10-20(19)28-4/h7-10,13,15H,6,11-12,14H2,1-5H3,(H,24,27). The van der Waals surface area contributed by atoms with Gasteiger partial charge in [-0.05, 0) is 44.0 Å². The Hall–Kier alpha value is -2.96. The average molecular weight is 399 g/mol. The minimum atomic E-state index is -0.136. The molecule has 1 fully saturated rings. The lowest BCUT2D eigenvalue weighted by molar-refractivity contribution is 0.184. The second-order valence-corrected chi connectivity index (χ2v) is 7.23. The van der Waals surface area contributed by atoms with Gasteiger partial charge in [0.25, 0.3) is 0 Å². The fraction of sp³-hybridized carbons (Fsp3) is 0.455. The van der Waals surface area contributed by atoms with Crippen molar-refractivity contribution < 1.29 is 14.3 Å². The predicted octanol–water partition coefficient (Wildman–Crippen LogP) is 3.71. The van der Waals surface area contributed by atoms with E-state index in [-0.39, 0.29) is 12.1 Å². The smallest absolute Gasteiger partial charge is 0.322 e. The van der Waals surface area contributed by atoms with E-state index < -0.39 is 0 Å². The zero-order valence-corrected chi connectivity index (χ0v) is 17.9. The van der Waals surface area contributed by atoms with Gasteiger partial charge in [0.1, 0.15) is 11.4 Å². The number of benzene rings is 1. The molecule has 0 spiro atoms. The lowest BCUT2D eigenvalue weighted by atomic mass is 10.1. The highest BCUT2D eigenvalue weighted by Gasteiger charge is 2.29. The van der Waals surface area contributed by atoms with Crippen LogP contribution in [0.3, 0.4) is 0 Å². The van der Waals surface area contributed by atoms with Gasteiger partial charge in [0.05, 0.1) is 19.9 Å². The molecule has 2 aromatic rings. The Kier molecular flexibility index (Phi) is 6.46. The number of ether oxygens (including phenoxy) is 2. The van der Waals surface area contributed by atoms with Crippen LogP contribution >= 0.6 is 0 Å². The topological polar surface area (TPSA) is 66.9 Å². The second-order valence-electron chi connectivity index (χ2n) is 7.23. The number of nitrogens with one attached hydrogen (secondary N) is 1. The summed E-state index contributed by atoms with van der Waals surface area (Å²) in [4.78, 5) is 21.6. The number of pyridine rings is 1. The molecule has 0 bridgehead atoms. The number of nitrogens with zero attached hydrogens (tertiary/aromatic N) is 3. The summed E-state index contributed by atoms with van der Waals surface area (Å²) in [5.41, 5.74) is 3.68. The summed E-state index contributed by atoms with van der Waals surface area (Å²) in [5.74, 6) is 1.29. The summed E-state index contributed by atoms with van der Waals surface area (Å²) in [5, 5.41) is 3.00. The number of rotatable bonds is 5. The van der Waals surface area contributed by atoms with E-state index in [1.165, 1.54) is 0 Å². The summed E-state index contributed by atoms with van der Waals surface area (Å²) in [6.07, 6.45) is 0.847. The van der Waals surface area contributed by atoms with Crippen molar-refractivity contribution in [2.24, 2.45) is 0 Å². The summed E-state index contributed by atoms with van der Waals surface area (Å²) in [6.45, 7) is 8.17. The first-order valence-corrected chi connectivity index (χ1v) is 9.98. The maximum absolute atomic E-state index is 13.0. The van der Waals surface area contributed by atoms with E-state index in [2.05, 4.69) is 35.1 Å². The van der Waals surface area contributed by atoms with E-state index in [0.29, 0.717) is 18.1 Å². The van der Waals surface area contributed by atoms with Gasteiger partial charge in [0.15, 0.2) is 0 Å². The van der Waals surface area contributed by atoms with E-state index in [1.807, 2.05) is 36.1 Å². The molecule has 1 aromatic carbocycles. The molecular weight excluding hydrogens is 368 g/mol. The van der Waals surface area contributed by atoms with Crippen LogP contribution in [0.5, 0.6) is 11.6 Å². The third-order valence-electron chi connectivity index (χ3n) is 5.41. The Labute approximate surface area is 172 Å². The van der Waals surface area contributed by atoms with Crippen LogP contribution in [0.2, 0.25) is 0 Å². The average Bonchev–Trinajstić information content (AvgIpc) is 2.74. The number of piperazine rings is 1. The molecule has 3 rings (SSSR count). The van der Waals surface area contributed by atoms with E-state index in [9.17, 15) is 4.79 Å². The quantitative estimate of drug-likeness (QED) is 0.832. The van der Waals surface area contributed by atoms with Crippen LogP contribution in [0.4, 0.5) is 16.2 Å². The Morgan fingerprint density at radius 3 is 2.66 bits per heavy atom. The lowest BCUT2D eigenvalue weighted by Gasteiger charge is -2.41. The van der Waals surface area contributed by atoms with Crippen molar-refractivity contribution in [3.8, 4) is 11.6 Å². The first-order valence-electron chi connectivity index (χ1n) is 9.98. The molecule has 7 nitrogen and oxygen atoms in total. The third kappa shape index (κ3) is 4.39. The van der Waals surface area contributed by atoms with Gasteiger partial charge in [0, 0.05) is 31.4 Å². The zero-order chi connectivity index (χ0) is 21.0. The summed E-state index contributed by atoms with van der Waals surface area (Å²) in [7, 11) is 3.25. The SMILES string of the molecule is CCc1cc(NC(=O)N2CCN(c3ccccc3OC)CC2C)c(OC)nc1C. The highest BCUT2D eigenvalue weighted by atomic mass is 16.5. The maximum Gasteiger partial charge on any atom is 0.322 e. The van der Waals surface area contributed by atoms with E-state index in [0.717, 1.165) is 42.2 Å². The number of hydrogen-bond acceptors (Lipinski definition) is 5. The molecule has 0 saturated carbocycles. The molecule has 1 N–H and O–H groups in total. The molecule has 2 heterocycles. The van der Waals surface area contributed by atoms with Gasteiger partial charge in [-0.1, -0.05) is 19.1 Å². The third-order valence-corrected chi connectivity index (χ3v) is 5.41. The number of carbonyl (C=O) groups excluding carboxylic acids is 1. The summed E-state index contributed by atoms with van der Waals surface area (Å²) in [6, 6.07) is 9.84. The van der Waals surface area contributed by atoms with Crippen LogP contribution in [0.1, 0.15) is 25.1 Å². The highest BCUT2D eigenvalue weighted by molar-refractivity contribution is 5.91. The van der Waals surface area contributed by atoms with Crippen molar-refractivity contribution in [2.45, 2.75) is 33.2 Å². The zero-order valence-electron chi connectivity index (χ0n) is 17.9. The van der Waals surface area contributed by atoms with Crippen LogP contribution in [0, 0.1) is 6.92 Å². The number of aromatic nitrogens is 1. The number of para-hydroxylation sites is 2. The van der Waals surface area contributed by atoms with Crippen LogP contribution < -0.4 is 19.7 Å². The fourth-order valence-corrected chi connectivity index (χ4v) is 3.78. The minimum absolute atomic E-state index is 0.0451. The largest absolute Gasteiger partial charge is 0.495 e. The van der Waals surface area contributed by atoms with Crippen molar-refractivity contribution in [1.82, 2.24) is 9.88 Å². The Bertz CT molecular complexity index is 871. The van der Waals surface area contributed by atoms with Crippen LogP contribution in [-0.2, 0) is 6.42 Å². The molecule has 1 atom stereocenters. The number of carbonyl (C=O) groups is 1. The number of amides is 2. The Morgan fingerprint density at radius 2 is 2.00 bits per heavy atom. The molecule has 7 heteroatoms. The van der Waals surface area contributed by atoms with E-state index in [4.69, 9.17) is 9.47 Å².